The number of anilines is 1. The molecular formula is C14H11Cl2N5O. The van der Waals surface area contributed by atoms with E-state index in [1.807, 2.05) is 6.07 Å². The van der Waals surface area contributed by atoms with Crippen LogP contribution in [0.1, 0.15) is 16.8 Å². The average molecular weight is 336 g/mol. The van der Waals surface area contributed by atoms with E-state index in [2.05, 4.69) is 20.6 Å². The molecule has 0 fully saturated rings. The van der Waals surface area contributed by atoms with E-state index in [9.17, 15) is 4.79 Å². The normalized spacial score (nSPS) is 13.9. The van der Waals surface area contributed by atoms with Crippen LogP contribution in [0.2, 0.25) is 10.0 Å². The molecule has 1 N–H and O–H groups in total. The van der Waals surface area contributed by atoms with Gasteiger partial charge in [0.05, 0.1) is 33.7 Å². The smallest absolute Gasteiger partial charge is 0.258 e. The van der Waals surface area contributed by atoms with Crippen molar-refractivity contribution in [2.45, 2.75) is 6.42 Å². The summed E-state index contributed by atoms with van der Waals surface area (Å²) in [5.41, 5.74) is 1.26. The summed E-state index contributed by atoms with van der Waals surface area (Å²) in [5.74, 6) is 0.331. The molecule has 2 aromatic rings. The first-order chi connectivity index (χ1) is 10.6. The van der Waals surface area contributed by atoms with Crippen molar-refractivity contribution in [2.24, 2.45) is 5.10 Å². The largest absolute Gasteiger partial charge is 0.309 e. The molecule has 0 aliphatic carbocycles. The molecule has 1 aliphatic heterocycles. The lowest BCUT2D eigenvalue weighted by atomic mass is 10.3. The maximum absolute atomic E-state index is 12.0. The fourth-order valence-corrected chi connectivity index (χ4v) is 2.30. The molecular weight excluding hydrogens is 325 g/mol. The second-order valence-corrected chi connectivity index (χ2v) is 5.42. The number of amides is 1. The van der Waals surface area contributed by atoms with Crippen molar-refractivity contribution in [3.63, 3.8) is 0 Å². The fourth-order valence-electron chi connectivity index (χ4n) is 2.01. The van der Waals surface area contributed by atoms with E-state index >= 15 is 0 Å². The van der Waals surface area contributed by atoms with Crippen LogP contribution in [0.15, 0.2) is 41.8 Å². The zero-order valence-corrected chi connectivity index (χ0v) is 12.8. The van der Waals surface area contributed by atoms with Crippen molar-refractivity contribution in [2.75, 3.05) is 11.6 Å². The molecule has 3 rings (SSSR count). The Balaban J connectivity index is 1.72. The quantitative estimate of drug-likeness (QED) is 0.915. The highest BCUT2D eigenvalue weighted by atomic mass is 35.5. The molecule has 0 saturated carbocycles. The molecule has 112 valence electrons. The number of aromatic nitrogens is 2. The van der Waals surface area contributed by atoms with Crippen LogP contribution in [0.4, 0.5) is 5.69 Å². The van der Waals surface area contributed by atoms with E-state index < -0.39 is 0 Å². The molecule has 22 heavy (non-hydrogen) atoms. The number of hydrazone groups is 1. The van der Waals surface area contributed by atoms with Gasteiger partial charge in [-0.1, -0.05) is 23.2 Å². The molecule has 1 aromatic heterocycles. The monoisotopic (exact) mass is 335 g/mol. The second-order valence-electron chi connectivity index (χ2n) is 4.60. The maximum atomic E-state index is 12.0. The summed E-state index contributed by atoms with van der Waals surface area (Å²) in [6, 6.07) is 6.88. The van der Waals surface area contributed by atoms with Gasteiger partial charge in [-0.15, -0.1) is 0 Å². The fraction of sp³-hybridized carbons (Fsp3) is 0.143. The van der Waals surface area contributed by atoms with Crippen LogP contribution in [0.25, 0.3) is 0 Å². The van der Waals surface area contributed by atoms with Crippen molar-refractivity contribution in [1.29, 1.82) is 0 Å². The maximum Gasteiger partial charge on any atom is 0.258 e. The van der Waals surface area contributed by atoms with Crippen molar-refractivity contribution >= 4 is 40.6 Å². The number of benzene rings is 1. The molecule has 0 spiro atoms. The summed E-state index contributed by atoms with van der Waals surface area (Å²) in [6.45, 7) is 0.655. The molecule has 1 aliphatic rings. The Morgan fingerprint density at radius 2 is 2.05 bits per heavy atom. The molecule has 1 amide bonds. The summed E-state index contributed by atoms with van der Waals surface area (Å²) in [4.78, 5) is 12.0. The number of carbonyl (C=O) groups is 1. The van der Waals surface area contributed by atoms with Crippen LogP contribution in [0, 0.1) is 0 Å². The van der Waals surface area contributed by atoms with E-state index in [0.717, 1.165) is 5.69 Å². The Kier molecular flexibility index (Phi) is 4.22. The van der Waals surface area contributed by atoms with Crippen molar-refractivity contribution in [3.05, 3.63) is 52.3 Å². The third-order valence-electron chi connectivity index (χ3n) is 3.11. The van der Waals surface area contributed by atoms with Crippen LogP contribution in [-0.2, 0) is 0 Å². The molecule has 2 heterocycles. The topological polar surface area (TPSA) is 70.5 Å². The summed E-state index contributed by atoms with van der Waals surface area (Å²) in [5, 5.41) is 17.2. The van der Waals surface area contributed by atoms with Gasteiger partial charge in [-0.2, -0.15) is 15.3 Å². The minimum absolute atomic E-state index is 0.260. The van der Waals surface area contributed by atoms with Gasteiger partial charge < -0.3 is 5.32 Å². The van der Waals surface area contributed by atoms with Crippen LogP contribution >= 0.6 is 23.2 Å². The number of carbonyl (C=O) groups excluding carboxylic acids is 1. The summed E-state index contributed by atoms with van der Waals surface area (Å²) in [6.07, 6.45) is 3.50. The standard InChI is InChI=1S/C14H11Cl2N5O/c15-11-2-1-10(7-12(11)16)21-6-4-13(20-21)19-14(22)9-3-5-17-18-8-9/h1-3,5,7-8H,4,6H2,(H,19,20,22). The molecule has 0 bridgehead atoms. The highest BCUT2D eigenvalue weighted by molar-refractivity contribution is 6.42. The Hall–Kier alpha value is -2.18. The zero-order valence-electron chi connectivity index (χ0n) is 11.3. The van der Waals surface area contributed by atoms with Crippen LogP contribution in [-0.4, -0.2) is 28.5 Å². The van der Waals surface area contributed by atoms with E-state index in [4.69, 9.17) is 23.2 Å². The van der Waals surface area contributed by atoms with E-state index in [1.54, 1.807) is 23.2 Å². The van der Waals surface area contributed by atoms with Gasteiger partial charge in [0.15, 0.2) is 0 Å². The highest BCUT2D eigenvalue weighted by Gasteiger charge is 2.19. The number of halogens is 2. The van der Waals surface area contributed by atoms with Crippen molar-refractivity contribution in [3.8, 4) is 0 Å². The molecule has 8 heteroatoms. The zero-order chi connectivity index (χ0) is 15.5. The summed E-state index contributed by atoms with van der Waals surface area (Å²) >= 11 is 11.9. The van der Waals surface area contributed by atoms with Gasteiger partial charge >= 0.3 is 0 Å². The Morgan fingerprint density at radius 1 is 1.18 bits per heavy atom. The van der Waals surface area contributed by atoms with E-state index in [1.165, 1.54) is 12.4 Å². The summed E-state index contributed by atoms with van der Waals surface area (Å²) < 4.78 is 0. The van der Waals surface area contributed by atoms with Crippen molar-refractivity contribution < 1.29 is 4.79 Å². The average Bonchev–Trinajstić information content (AvgIpc) is 2.99. The Morgan fingerprint density at radius 3 is 2.77 bits per heavy atom. The predicted molar refractivity (Wildman–Crippen MR) is 85.4 cm³/mol. The summed E-state index contributed by atoms with van der Waals surface area (Å²) in [7, 11) is 0. The SMILES string of the molecule is O=C(NC1=NN(c2ccc(Cl)c(Cl)c2)CC1)c1ccnnc1. The first-order valence-corrected chi connectivity index (χ1v) is 7.27. The third-order valence-corrected chi connectivity index (χ3v) is 3.85. The highest BCUT2D eigenvalue weighted by Crippen LogP contribution is 2.28. The lowest BCUT2D eigenvalue weighted by molar-refractivity contribution is 0.0976. The minimum Gasteiger partial charge on any atom is -0.309 e. The van der Waals surface area contributed by atoms with Gasteiger partial charge in [0.1, 0.15) is 5.84 Å². The Labute approximate surface area is 136 Å². The second kappa shape index (κ2) is 6.29. The molecule has 0 atom stereocenters. The van der Waals surface area contributed by atoms with E-state index in [0.29, 0.717) is 34.4 Å². The van der Waals surface area contributed by atoms with E-state index in [-0.39, 0.29) is 5.91 Å². The van der Waals surface area contributed by atoms with Gasteiger partial charge in [0.2, 0.25) is 0 Å². The number of rotatable bonds is 2. The number of amidine groups is 1. The van der Waals surface area contributed by atoms with Gasteiger partial charge in [-0.3, -0.25) is 9.80 Å². The van der Waals surface area contributed by atoms with Gasteiger partial charge in [0, 0.05) is 13.0 Å². The molecule has 0 radical (unpaired) electrons. The van der Waals surface area contributed by atoms with Crippen LogP contribution in [0.5, 0.6) is 0 Å². The van der Waals surface area contributed by atoms with Crippen LogP contribution in [0.3, 0.4) is 0 Å². The number of hydrogen-bond donors (Lipinski definition) is 1. The number of nitrogens with zero attached hydrogens (tertiary/aromatic N) is 4. The molecule has 1 aromatic carbocycles. The molecule has 0 saturated heterocycles. The van der Waals surface area contributed by atoms with Crippen molar-refractivity contribution in [1.82, 2.24) is 15.5 Å². The Bertz CT molecular complexity index is 735. The minimum atomic E-state index is -0.260. The third kappa shape index (κ3) is 3.18. The molecule has 6 nitrogen and oxygen atoms in total. The number of nitrogens with one attached hydrogen (secondary N) is 1. The lowest BCUT2D eigenvalue weighted by Gasteiger charge is -2.13. The van der Waals surface area contributed by atoms with Gasteiger partial charge in [-0.05, 0) is 24.3 Å². The lowest BCUT2D eigenvalue weighted by Crippen LogP contribution is -2.29. The van der Waals surface area contributed by atoms with Gasteiger partial charge in [-0.25, -0.2) is 0 Å². The first-order valence-electron chi connectivity index (χ1n) is 6.51. The van der Waals surface area contributed by atoms with Crippen LogP contribution < -0.4 is 10.3 Å². The van der Waals surface area contributed by atoms with Gasteiger partial charge in [0.25, 0.3) is 5.91 Å². The number of hydrogen-bond acceptors (Lipinski definition) is 5. The molecule has 0 unspecified atom stereocenters. The predicted octanol–water partition coefficient (Wildman–Crippen LogP) is 2.74. The first kappa shape index (κ1) is 14.7.